The minimum absolute atomic E-state index is 0.0657. The molecular weight excluding hydrogens is 266 g/mol. The van der Waals surface area contributed by atoms with Gasteiger partial charge in [-0.05, 0) is 49.9 Å². The van der Waals surface area contributed by atoms with E-state index in [1.807, 2.05) is 30.0 Å². The third-order valence-corrected chi connectivity index (χ3v) is 3.99. The Bertz CT molecular complexity index is 477. The largest absolute Gasteiger partial charge is 0.484 e. The maximum Gasteiger partial charge on any atom is 0.260 e. The molecular formula is C17H25NO3. The number of aryl methyl sites for hydroxylation is 1. The first-order chi connectivity index (χ1) is 10.1. The lowest BCUT2D eigenvalue weighted by Crippen LogP contribution is -2.35. The topological polar surface area (TPSA) is 49.8 Å². The second-order valence-corrected chi connectivity index (χ2v) is 5.78. The van der Waals surface area contributed by atoms with Crippen LogP contribution in [0.4, 0.5) is 0 Å². The van der Waals surface area contributed by atoms with Crippen LogP contribution < -0.4 is 4.74 Å². The Morgan fingerprint density at radius 2 is 1.95 bits per heavy atom. The molecule has 0 bridgehead atoms. The zero-order valence-corrected chi connectivity index (χ0v) is 13.0. The van der Waals surface area contributed by atoms with Crippen LogP contribution >= 0.6 is 0 Å². The van der Waals surface area contributed by atoms with Gasteiger partial charge in [-0.25, -0.2) is 0 Å². The Kier molecular flexibility index (Phi) is 5.62. The molecule has 0 aliphatic carbocycles. The molecule has 1 saturated heterocycles. The quantitative estimate of drug-likeness (QED) is 0.928. The highest BCUT2D eigenvalue weighted by molar-refractivity contribution is 5.77. The molecule has 2 rings (SSSR count). The molecule has 1 fully saturated rings. The number of aliphatic hydroxyl groups excluding tert-OH is 1. The van der Waals surface area contributed by atoms with Crippen molar-refractivity contribution in [3.8, 4) is 5.75 Å². The maximum absolute atomic E-state index is 12.2. The highest BCUT2D eigenvalue weighted by Crippen LogP contribution is 2.22. The summed E-state index contributed by atoms with van der Waals surface area (Å²) in [7, 11) is 0. The molecule has 1 aliphatic rings. The van der Waals surface area contributed by atoms with E-state index >= 15 is 0 Å². The van der Waals surface area contributed by atoms with E-state index in [1.54, 1.807) is 6.92 Å². The summed E-state index contributed by atoms with van der Waals surface area (Å²) in [6.45, 7) is 5.45. The van der Waals surface area contributed by atoms with Crippen LogP contribution in [0.25, 0.3) is 0 Å². The molecule has 0 unspecified atom stereocenters. The number of rotatable bonds is 4. The van der Waals surface area contributed by atoms with Crippen LogP contribution in [0.2, 0.25) is 0 Å². The lowest BCUT2D eigenvalue weighted by atomic mass is 10.1. The fourth-order valence-electron chi connectivity index (χ4n) is 2.65. The first kappa shape index (κ1) is 15.8. The van der Waals surface area contributed by atoms with Crippen LogP contribution in [-0.4, -0.2) is 35.6 Å². The van der Waals surface area contributed by atoms with E-state index in [0.29, 0.717) is 5.75 Å². The number of amides is 1. The lowest BCUT2D eigenvalue weighted by Gasteiger charge is -2.20. The molecule has 1 atom stereocenters. The standard InChI is InChI=1S/C17H25NO3/c1-13-11-15(14(2)19)7-8-16(13)21-12-17(20)18-9-5-3-4-6-10-18/h7-8,11,14,19H,3-6,9-10,12H2,1-2H3/t14-/m0/s1. The summed E-state index contributed by atoms with van der Waals surface area (Å²) in [6, 6.07) is 5.56. The van der Waals surface area contributed by atoms with Crippen LogP contribution in [0.3, 0.4) is 0 Å². The Morgan fingerprint density at radius 1 is 1.29 bits per heavy atom. The molecule has 0 saturated carbocycles. The average Bonchev–Trinajstić information content (AvgIpc) is 2.74. The minimum atomic E-state index is -0.489. The van der Waals surface area contributed by atoms with Crippen LogP contribution in [0, 0.1) is 6.92 Å². The number of ether oxygens (including phenoxy) is 1. The molecule has 1 amide bonds. The highest BCUT2D eigenvalue weighted by Gasteiger charge is 2.16. The van der Waals surface area contributed by atoms with Gasteiger partial charge in [0.2, 0.25) is 0 Å². The van der Waals surface area contributed by atoms with Gasteiger partial charge in [-0.3, -0.25) is 4.79 Å². The molecule has 0 spiro atoms. The second kappa shape index (κ2) is 7.46. The van der Waals surface area contributed by atoms with Gasteiger partial charge < -0.3 is 14.7 Å². The van der Waals surface area contributed by atoms with E-state index in [0.717, 1.165) is 37.1 Å². The van der Waals surface area contributed by atoms with Crippen molar-refractivity contribution in [3.05, 3.63) is 29.3 Å². The van der Waals surface area contributed by atoms with Crippen molar-refractivity contribution in [1.29, 1.82) is 0 Å². The van der Waals surface area contributed by atoms with Gasteiger partial charge in [-0.2, -0.15) is 0 Å². The summed E-state index contributed by atoms with van der Waals surface area (Å²) in [6.07, 6.45) is 4.12. The van der Waals surface area contributed by atoms with E-state index in [9.17, 15) is 9.90 Å². The van der Waals surface area contributed by atoms with E-state index in [2.05, 4.69) is 0 Å². The zero-order chi connectivity index (χ0) is 15.2. The normalized spacial score (nSPS) is 17.2. The van der Waals surface area contributed by atoms with Gasteiger partial charge in [0.1, 0.15) is 5.75 Å². The smallest absolute Gasteiger partial charge is 0.260 e. The van der Waals surface area contributed by atoms with E-state index in [-0.39, 0.29) is 12.5 Å². The maximum atomic E-state index is 12.2. The number of hydrogen-bond donors (Lipinski definition) is 1. The molecule has 21 heavy (non-hydrogen) atoms. The predicted octanol–water partition coefficient (Wildman–Crippen LogP) is 2.83. The zero-order valence-electron chi connectivity index (χ0n) is 13.0. The molecule has 0 radical (unpaired) electrons. The molecule has 4 nitrogen and oxygen atoms in total. The molecule has 116 valence electrons. The number of hydrogen-bond acceptors (Lipinski definition) is 3. The Hall–Kier alpha value is -1.55. The highest BCUT2D eigenvalue weighted by atomic mass is 16.5. The van der Waals surface area contributed by atoms with E-state index in [1.165, 1.54) is 12.8 Å². The summed E-state index contributed by atoms with van der Waals surface area (Å²) >= 11 is 0. The summed E-state index contributed by atoms with van der Waals surface area (Å²) < 4.78 is 5.65. The minimum Gasteiger partial charge on any atom is -0.484 e. The fourth-order valence-corrected chi connectivity index (χ4v) is 2.65. The number of nitrogens with zero attached hydrogens (tertiary/aromatic N) is 1. The van der Waals surface area contributed by atoms with Gasteiger partial charge in [0.15, 0.2) is 6.61 Å². The molecule has 4 heteroatoms. The van der Waals surface area contributed by atoms with Gasteiger partial charge in [0, 0.05) is 13.1 Å². The van der Waals surface area contributed by atoms with Gasteiger partial charge in [-0.1, -0.05) is 18.9 Å². The van der Waals surface area contributed by atoms with Crippen molar-refractivity contribution in [2.45, 2.75) is 45.6 Å². The third-order valence-electron chi connectivity index (χ3n) is 3.99. The average molecular weight is 291 g/mol. The molecule has 1 N–H and O–H groups in total. The van der Waals surface area contributed by atoms with Gasteiger partial charge >= 0.3 is 0 Å². The predicted molar refractivity (Wildman–Crippen MR) is 82.4 cm³/mol. The summed E-state index contributed by atoms with van der Waals surface area (Å²) in [4.78, 5) is 14.1. The van der Waals surface area contributed by atoms with E-state index in [4.69, 9.17) is 4.74 Å². The van der Waals surface area contributed by atoms with Gasteiger partial charge in [-0.15, -0.1) is 0 Å². The fraction of sp³-hybridized carbons (Fsp3) is 0.588. The van der Waals surface area contributed by atoms with E-state index < -0.39 is 6.10 Å². The van der Waals surface area contributed by atoms with Gasteiger partial charge in [0.25, 0.3) is 5.91 Å². The van der Waals surface area contributed by atoms with Crippen molar-refractivity contribution in [3.63, 3.8) is 0 Å². The van der Waals surface area contributed by atoms with Crippen LogP contribution in [0.1, 0.15) is 49.8 Å². The number of carbonyl (C=O) groups is 1. The van der Waals surface area contributed by atoms with Crippen molar-refractivity contribution >= 4 is 5.91 Å². The van der Waals surface area contributed by atoms with Crippen molar-refractivity contribution in [2.75, 3.05) is 19.7 Å². The van der Waals surface area contributed by atoms with Crippen LogP contribution in [0.5, 0.6) is 5.75 Å². The van der Waals surface area contributed by atoms with Crippen molar-refractivity contribution in [1.82, 2.24) is 4.90 Å². The Morgan fingerprint density at radius 3 is 2.52 bits per heavy atom. The Balaban J connectivity index is 1.91. The summed E-state index contributed by atoms with van der Waals surface area (Å²) in [5, 5.41) is 9.55. The number of carbonyl (C=O) groups excluding carboxylic acids is 1. The molecule has 1 aromatic carbocycles. The molecule has 1 heterocycles. The van der Waals surface area contributed by atoms with Crippen LogP contribution in [0.15, 0.2) is 18.2 Å². The first-order valence-corrected chi connectivity index (χ1v) is 7.77. The first-order valence-electron chi connectivity index (χ1n) is 7.77. The monoisotopic (exact) mass is 291 g/mol. The van der Waals surface area contributed by atoms with Crippen molar-refractivity contribution < 1.29 is 14.6 Å². The molecule has 1 aliphatic heterocycles. The third kappa shape index (κ3) is 4.46. The molecule has 0 aromatic heterocycles. The SMILES string of the molecule is Cc1cc([C@H](C)O)ccc1OCC(=O)N1CCCCCC1. The number of likely N-dealkylation sites (tertiary alicyclic amines) is 1. The Labute approximate surface area is 126 Å². The summed E-state index contributed by atoms with van der Waals surface area (Å²) in [5.74, 6) is 0.776. The number of aliphatic hydroxyl groups is 1. The van der Waals surface area contributed by atoms with Crippen LogP contribution in [-0.2, 0) is 4.79 Å². The molecule has 1 aromatic rings. The number of benzene rings is 1. The van der Waals surface area contributed by atoms with Crippen molar-refractivity contribution in [2.24, 2.45) is 0 Å². The lowest BCUT2D eigenvalue weighted by molar-refractivity contribution is -0.133. The second-order valence-electron chi connectivity index (χ2n) is 5.78. The van der Waals surface area contributed by atoms with Gasteiger partial charge in [0.05, 0.1) is 6.10 Å². The summed E-state index contributed by atoms with van der Waals surface area (Å²) in [5.41, 5.74) is 1.80.